The number of piperidine rings is 1. The molecule has 17 heteroatoms. The van der Waals surface area contributed by atoms with Gasteiger partial charge in [-0.2, -0.15) is 26.3 Å². The smallest absolute Gasteiger partial charge is 0.422 e. The molecule has 0 bridgehead atoms. The molecule has 2 aromatic carbocycles. The van der Waals surface area contributed by atoms with E-state index in [4.69, 9.17) is 4.74 Å². The third-order valence-electron chi connectivity index (χ3n) is 8.17. The fourth-order valence-electron chi connectivity index (χ4n) is 5.45. The van der Waals surface area contributed by atoms with Crippen molar-refractivity contribution in [3.8, 4) is 11.8 Å². The lowest BCUT2D eigenvalue weighted by Crippen LogP contribution is -2.33. The van der Waals surface area contributed by atoms with E-state index in [2.05, 4.69) is 40.7 Å². The molecule has 0 aliphatic carbocycles. The van der Waals surface area contributed by atoms with E-state index in [0.717, 1.165) is 50.8 Å². The van der Waals surface area contributed by atoms with Gasteiger partial charge in [-0.1, -0.05) is 24.3 Å². The highest BCUT2D eigenvalue weighted by Gasteiger charge is 2.29. The Labute approximate surface area is 306 Å². The molecule has 2 fully saturated rings. The number of pyridine rings is 2. The number of aromatic nitrogens is 2. The zero-order chi connectivity index (χ0) is 38.6. The Hall–Kier alpha value is -5.26. The van der Waals surface area contributed by atoms with Crippen LogP contribution in [0.2, 0.25) is 0 Å². The van der Waals surface area contributed by atoms with E-state index in [1.165, 1.54) is 36.0 Å². The van der Waals surface area contributed by atoms with Gasteiger partial charge in [0.2, 0.25) is 11.8 Å². The predicted octanol–water partition coefficient (Wildman–Crippen LogP) is 6.68. The molecule has 4 aromatic rings. The number of nitrogens with zero attached hydrogens (tertiary/aromatic N) is 2. The number of carbonyl (C=O) groups is 2. The SMILES string of the molecule is O=C(Nc1ccc(C2CNCCO2)cc1)c1ccc(OCC(F)(F)F)nc1.O=C(Nc1ccc([C@H]2CCCNC2)cc1)c1ccc(OCC(F)(F)F)nc1. The average Bonchev–Trinajstić information content (AvgIpc) is 3.17. The van der Waals surface area contributed by atoms with Crippen LogP contribution in [-0.2, 0) is 4.74 Å². The number of rotatable bonds is 10. The van der Waals surface area contributed by atoms with E-state index in [0.29, 0.717) is 23.9 Å². The first-order valence-corrected chi connectivity index (χ1v) is 17.0. The van der Waals surface area contributed by atoms with Crippen molar-refractivity contribution in [2.24, 2.45) is 0 Å². The molecule has 0 spiro atoms. The van der Waals surface area contributed by atoms with Gasteiger partial charge >= 0.3 is 12.4 Å². The molecule has 1 unspecified atom stereocenters. The molecule has 2 saturated heterocycles. The summed E-state index contributed by atoms with van der Waals surface area (Å²) >= 11 is 0. The van der Waals surface area contributed by atoms with E-state index in [1.54, 1.807) is 12.1 Å². The van der Waals surface area contributed by atoms with Crippen molar-refractivity contribution in [1.29, 1.82) is 0 Å². The van der Waals surface area contributed by atoms with Gasteiger partial charge in [0.05, 0.1) is 23.8 Å². The van der Waals surface area contributed by atoms with Crippen LogP contribution in [0.4, 0.5) is 37.7 Å². The van der Waals surface area contributed by atoms with Crippen LogP contribution in [-0.4, -0.2) is 80.1 Å². The fourth-order valence-corrected chi connectivity index (χ4v) is 5.45. The maximum Gasteiger partial charge on any atom is 0.422 e. The number of amides is 2. The molecule has 0 radical (unpaired) electrons. The molecule has 54 heavy (non-hydrogen) atoms. The normalized spacial score (nSPS) is 17.4. The lowest BCUT2D eigenvalue weighted by Gasteiger charge is -2.24. The predicted molar refractivity (Wildman–Crippen MR) is 187 cm³/mol. The summed E-state index contributed by atoms with van der Waals surface area (Å²) in [4.78, 5) is 31.9. The molecule has 288 valence electrons. The summed E-state index contributed by atoms with van der Waals surface area (Å²) < 4.78 is 87.4. The third kappa shape index (κ3) is 13.0. The number of alkyl halides is 6. The first kappa shape index (κ1) is 39.9. The van der Waals surface area contributed by atoms with Crippen molar-refractivity contribution in [2.75, 3.05) is 56.6 Å². The second-order valence-corrected chi connectivity index (χ2v) is 12.3. The number of hydrogen-bond acceptors (Lipinski definition) is 9. The number of halogens is 6. The minimum atomic E-state index is -4.44. The number of morpholine rings is 1. The second kappa shape index (κ2) is 18.7. The van der Waals surface area contributed by atoms with E-state index < -0.39 is 37.4 Å². The Morgan fingerprint density at radius 2 is 1.19 bits per heavy atom. The van der Waals surface area contributed by atoms with Crippen molar-refractivity contribution in [3.63, 3.8) is 0 Å². The van der Waals surface area contributed by atoms with Gasteiger partial charge in [-0.15, -0.1) is 0 Å². The molecule has 4 heterocycles. The minimum absolute atomic E-state index is 0.0167. The van der Waals surface area contributed by atoms with Gasteiger partial charge in [0.25, 0.3) is 11.8 Å². The maximum atomic E-state index is 12.2. The first-order chi connectivity index (χ1) is 25.8. The van der Waals surface area contributed by atoms with Crippen molar-refractivity contribution in [2.45, 2.75) is 37.2 Å². The molecule has 0 saturated carbocycles. The summed E-state index contributed by atoms with van der Waals surface area (Å²) in [7, 11) is 0. The van der Waals surface area contributed by atoms with Gasteiger partial charge < -0.3 is 35.5 Å². The van der Waals surface area contributed by atoms with Crippen molar-refractivity contribution in [1.82, 2.24) is 20.6 Å². The second-order valence-electron chi connectivity index (χ2n) is 12.3. The molecule has 2 atom stereocenters. The summed E-state index contributed by atoms with van der Waals surface area (Å²) in [5.74, 6) is -0.717. The largest absolute Gasteiger partial charge is 0.468 e. The highest BCUT2D eigenvalue weighted by molar-refractivity contribution is 6.04. The fraction of sp³-hybridized carbons (Fsp3) is 0.351. The van der Waals surface area contributed by atoms with Gasteiger partial charge in [-0.05, 0) is 72.8 Å². The Morgan fingerprint density at radius 1 is 0.685 bits per heavy atom. The maximum absolute atomic E-state index is 12.2. The van der Waals surface area contributed by atoms with Gasteiger partial charge in [0.1, 0.15) is 0 Å². The van der Waals surface area contributed by atoms with E-state index in [1.807, 2.05) is 36.4 Å². The van der Waals surface area contributed by atoms with Crippen LogP contribution in [0.5, 0.6) is 11.8 Å². The van der Waals surface area contributed by atoms with Crippen LogP contribution >= 0.6 is 0 Å². The van der Waals surface area contributed by atoms with Crippen LogP contribution in [0, 0.1) is 0 Å². The van der Waals surface area contributed by atoms with Crippen LogP contribution in [0.25, 0.3) is 0 Å². The lowest BCUT2D eigenvalue weighted by atomic mass is 9.92. The van der Waals surface area contributed by atoms with Crippen molar-refractivity contribution in [3.05, 3.63) is 107 Å². The van der Waals surface area contributed by atoms with E-state index in [9.17, 15) is 35.9 Å². The van der Waals surface area contributed by atoms with Crippen LogP contribution in [0.3, 0.4) is 0 Å². The molecule has 2 amide bonds. The molecule has 2 aromatic heterocycles. The van der Waals surface area contributed by atoms with Crippen molar-refractivity contribution < 1.29 is 50.1 Å². The lowest BCUT2D eigenvalue weighted by molar-refractivity contribution is -0.154. The minimum Gasteiger partial charge on any atom is -0.468 e. The number of carbonyl (C=O) groups excluding carboxylic acids is 2. The highest BCUT2D eigenvalue weighted by Crippen LogP contribution is 2.25. The zero-order valence-electron chi connectivity index (χ0n) is 28.8. The highest BCUT2D eigenvalue weighted by atomic mass is 19.4. The van der Waals surface area contributed by atoms with E-state index in [-0.39, 0.29) is 29.0 Å². The van der Waals surface area contributed by atoms with Crippen LogP contribution in [0.15, 0.2) is 85.2 Å². The van der Waals surface area contributed by atoms with Crippen molar-refractivity contribution >= 4 is 23.2 Å². The number of ether oxygens (including phenoxy) is 3. The Kier molecular flexibility index (Phi) is 13.8. The summed E-state index contributed by atoms with van der Waals surface area (Å²) in [6, 6.07) is 20.1. The topological polar surface area (TPSA) is 136 Å². The van der Waals surface area contributed by atoms with Gasteiger partial charge in [0, 0.05) is 55.5 Å². The number of benzene rings is 2. The van der Waals surface area contributed by atoms with Gasteiger partial charge in [-0.3, -0.25) is 9.59 Å². The first-order valence-electron chi connectivity index (χ1n) is 17.0. The molecule has 11 nitrogen and oxygen atoms in total. The quantitative estimate of drug-likeness (QED) is 0.131. The number of anilines is 2. The van der Waals surface area contributed by atoms with Gasteiger partial charge in [0.15, 0.2) is 13.2 Å². The third-order valence-corrected chi connectivity index (χ3v) is 8.17. The molecular formula is C37H38F6N6O5. The Balaban J connectivity index is 0.000000208. The standard InChI is InChI=1S/C19H20F3N3O2.C18H18F3N3O3/c20-19(21,22)12-27-17-8-5-15(11-24-17)18(26)25-16-6-3-13(4-7-16)14-2-1-9-23-10-14;19-18(20,21)11-27-16-6-3-13(9-23-16)17(25)24-14-4-1-12(2-5-14)15-10-22-7-8-26-15/h3-8,11,14,23H,1-2,9-10,12H2,(H,25,26);1-6,9,15,22H,7-8,10-11H2,(H,24,25)/t14-;/m0./s1. The summed E-state index contributed by atoms with van der Waals surface area (Å²) in [6.07, 6.45) is -4.25. The summed E-state index contributed by atoms with van der Waals surface area (Å²) in [5, 5.41) is 12.1. The van der Waals surface area contributed by atoms with E-state index >= 15 is 0 Å². The Bertz CT molecular complexity index is 1650. The monoisotopic (exact) mass is 760 g/mol. The average molecular weight is 761 g/mol. The molecular weight excluding hydrogens is 722 g/mol. The summed E-state index contributed by atoms with van der Waals surface area (Å²) in [6.45, 7) is 1.38. The van der Waals surface area contributed by atoms with Crippen LogP contribution < -0.4 is 30.7 Å². The summed E-state index contributed by atoms with van der Waals surface area (Å²) in [5.41, 5.74) is 3.91. The van der Waals surface area contributed by atoms with Gasteiger partial charge in [-0.25, -0.2) is 9.97 Å². The molecule has 2 aliphatic rings. The molecule has 6 rings (SSSR count). The number of nitrogens with one attached hydrogen (secondary N) is 4. The Morgan fingerprint density at radius 3 is 1.59 bits per heavy atom. The molecule has 4 N–H and O–H groups in total. The van der Waals surface area contributed by atoms with Crippen LogP contribution in [0.1, 0.15) is 56.7 Å². The molecule has 2 aliphatic heterocycles. The zero-order valence-corrected chi connectivity index (χ0v) is 28.8. The number of hydrogen-bond donors (Lipinski definition) is 4.